The SMILES string of the molecule is COc1ccc(S(=O)(=O)NCCCNC(C)C)cc1OC. The lowest BCUT2D eigenvalue weighted by atomic mass is 10.3. The molecule has 0 aromatic heterocycles. The molecule has 0 radical (unpaired) electrons. The molecule has 0 spiro atoms. The van der Waals surface area contributed by atoms with Crippen molar-refractivity contribution in [3.63, 3.8) is 0 Å². The fourth-order valence-electron chi connectivity index (χ4n) is 1.75. The summed E-state index contributed by atoms with van der Waals surface area (Å²) in [6.45, 7) is 5.25. The number of hydrogen-bond acceptors (Lipinski definition) is 5. The van der Waals surface area contributed by atoms with Crippen LogP contribution in [-0.4, -0.2) is 41.8 Å². The molecule has 6 nitrogen and oxygen atoms in total. The first-order chi connectivity index (χ1) is 9.90. The number of nitrogens with one attached hydrogen (secondary N) is 2. The summed E-state index contributed by atoms with van der Waals surface area (Å²) in [4.78, 5) is 0.164. The lowest BCUT2D eigenvalue weighted by Gasteiger charge is -2.11. The van der Waals surface area contributed by atoms with Crippen LogP contribution in [0.1, 0.15) is 20.3 Å². The molecule has 7 heteroatoms. The van der Waals surface area contributed by atoms with Crippen molar-refractivity contribution in [3.8, 4) is 11.5 Å². The Balaban J connectivity index is 2.66. The van der Waals surface area contributed by atoms with Crippen LogP contribution in [-0.2, 0) is 10.0 Å². The summed E-state index contributed by atoms with van der Waals surface area (Å²) < 4.78 is 37.1. The normalized spacial score (nSPS) is 11.7. The average Bonchev–Trinajstić information content (AvgIpc) is 2.45. The van der Waals surface area contributed by atoms with Gasteiger partial charge in [-0.05, 0) is 25.1 Å². The van der Waals surface area contributed by atoms with E-state index in [1.54, 1.807) is 6.07 Å². The Morgan fingerprint density at radius 1 is 1.10 bits per heavy atom. The van der Waals surface area contributed by atoms with E-state index in [0.717, 1.165) is 13.0 Å². The van der Waals surface area contributed by atoms with Gasteiger partial charge in [0.05, 0.1) is 19.1 Å². The van der Waals surface area contributed by atoms with Gasteiger partial charge in [0.15, 0.2) is 11.5 Å². The van der Waals surface area contributed by atoms with Gasteiger partial charge in [0.2, 0.25) is 10.0 Å². The minimum atomic E-state index is -3.53. The monoisotopic (exact) mass is 316 g/mol. The van der Waals surface area contributed by atoms with Crippen LogP contribution >= 0.6 is 0 Å². The van der Waals surface area contributed by atoms with Gasteiger partial charge in [0, 0.05) is 18.7 Å². The topological polar surface area (TPSA) is 76.7 Å². The third-order valence-electron chi connectivity index (χ3n) is 2.86. The Labute approximate surface area is 126 Å². The average molecular weight is 316 g/mol. The first-order valence-corrected chi connectivity index (χ1v) is 8.34. The van der Waals surface area contributed by atoms with Crippen molar-refractivity contribution in [2.45, 2.75) is 31.2 Å². The minimum absolute atomic E-state index is 0.164. The lowest BCUT2D eigenvalue weighted by molar-refractivity contribution is 0.354. The van der Waals surface area contributed by atoms with E-state index in [0.29, 0.717) is 24.1 Å². The Morgan fingerprint density at radius 3 is 2.33 bits per heavy atom. The van der Waals surface area contributed by atoms with E-state index in [2.05, 4.69) is 10.0 Å². The summed E-state index contributed by atoms with van der Waals surface area (Å²) in [5.74, 6) is 0.888. The summed E-state index contributed by atoms with van der Waals surface area (Å²) in [5, 5.41) is 3.23. The maximum atomic E-state index is 12.2. The first-order valence-electron chi connectivity index (χ1n) is 6.85. The van der Waals surface area contributed by atoms with Gasteiger partial charge in [-0.15, -0.1) is 0 Å². The van der Waals surface area contributed by atoms with Crippen molar-refractivity contribution in [1.29, 1.82) is 0 Å². The minimum Gasteiger partial charge on any atom is -0.493 e. The van der Waals surface area contributed by atoms with Gasteiger partial charge in [0.1, 0.15) is 0 Å². The standard InChI is InChI=1S/C14H24N2O4S/c1-11(2)15-8-5-9-16-21(17,18)12-6-7-13(19-3)14(10-12)20-4/h6-7,10-11,15-16H,5,8-9H2,1-4H3. The van der Waals surface area contributed by atoms with E-state index in [1.165, 1.54) is 26.4 Å². The predicted octanol–water partition coefficient (Wildman–Crippen LogP) is 1.37. The Morgan fingerprint density at radius 2 is 1.76 bits per heavy atom. The Bertz CT molecular complexity index is 544. The zero-order chi connectivity index (χ0) is 15.9. The van der Waals surface area contributed by atoms with Crippen molar-refractivity contribution in [2.24, 2.45) is 0 Å². The first kappa shape index (κ1) is 17.7. The molecule has 0 saturated heterocycles. The molecule has 0 unspecified atom stereocenters. The van der Waals surface area contributed by atoms with Gasteiger partial charge in [-0.25, -0.2) is 13.1 Å². The van der Waals surface area contributed by atoms with E-state index < -0.39 is 10.0 Å². The highest BCUT2D eigenvalue weighted by molar-refractivity contribution is 7.89. The van der Waals surface area contributed by atoms with Crippen molar-refractivity contribution in [3.05, 3.63) is 18.2 Å². The molecule has 0 fully saturated rings. The Hall–Kier alpha value is -1.31. The fourth-order valence-corrected chi connectivity index (χ4v) is 2.84. The molecule has 0 aliphatic rings. The molecule has 0 aliphatic carbocycles. The fraction of sp³-hybridized carbons (Fsp3) is 0.571. The Kier molecular flexibility index (Phi) is 6.94. The van der Waals surface area contributed by atoms with Crippen molar-refractivity contribution < 1.29 is 17.9 Å². The highest BCUT2D eigenvalue weighted by atomic mass is 32.2. The zero-order valence-electron chi connectivity index (χ0n) is 13.0. The van der Waals surface area contributed by atoms with Gasteiger partial charge >= 0.3 is 0 Å². The number of rotatable bonds is 9. The van der Waals surface area contributed by atoms with Crippen LogP contribution in [0.5, 0.6) is 11.5 Å². The van der Waals surface area contributed by atoms with Crippen molar-refractivity contribution >= 4 is 10.0 Å². The molecule has 1 aromatic carbocycles. The van der Waals surface area contributed by atoms with Crippen LogP contribution in [0.3, 0.4) is 0 Å². The molecule has 0 heterocycles. The second kappa shape index (κ2) is 8.21. The third kappa shape index (κ3) is 5.53. The molecule has 0 atom stereocenters. The molecule has 2 N–H and O–H groups in total. The lowest BCUT2D eigenvalue weighted by Crippen LogP contribution is -2.29. The van der Waals surface area contributed by atoms with Gasteiger partial charge in [-0.1, -0.05) is 13.8 Å². The summed E-state index contributed by atoms with van der Waals surface area (Å²) in [6.07, 6.45) is 0.727. The van der Waals surface area contributed by atoms with E-state index in [1.807, 2.05) is 13.8 Å². The molecular weight excluding hydrogens is 292 g/mol. The van der Waals surface area contributed by atoms with Crippen molar-refractivity contribution in [2.75, 3.05) is 27.3 Å². The summed E-state index contributed by atoms with van der Waals surface area (Å²) >= 11 is 0. The number of benzene rings is 1. The van der Waals surface area contributed by atoms with Crippen LogP contribution in [0, 0.1) is 0 Å². The number of ether oxygens (including phenoxy) is 2. The molecule has 0 bridgehead atoms. The van der Waals surface area contributed by atoms with Crippen LogP contribution in [0.4, 0.5) is 0 Å². The summed E-state index contributed by atoms with van der Waals surface area (Å²) in [7, 11) is -0.554. The largest absolute Gasteiger partial charge is 0.493 e. The maximum absolute atomic E-state index is 12.2. The van der Waals surface area contributed by atoms with E-state index in [-0.39, 0.29) is 4.90 Å². The highest BCUT2D eigenvalue weighted by Crippen LogP contribution is 2.29. The smallest absolute Gasteiger partial charge is 0.240 e. The van der Waals surface area contributed by atoms with Crippen LogP contribution in [0.25, 0.3) is 0 Å². The second-order valence-electron chi connectivity index (χ2n) is 4.88. The maximum Gasteiger partial charge on any atom is 0.240 e. The molecule has 120 valence electrons. The third-order valence-corrected chi connectivity index (χ3v) is 4.32. The highest BCUT2D eigenvalue weighted by Gasteiger charge is 2.16. The number of hydrogen-bond donors (Lipinski definition) is 2. The van der Waals surface area contributed by atoms with Crippen LogP contribution in [0.15, 0.2) is 23.1 Å². The molecule has 0 aliphatic heterocycles. The number of methoxy groups -OCH3 is 2. The second-order valence-corrected chi connectivity index (χ2v) is 6.64. The summed E-state index contributed by atoms with van der Waals surface area (Å²) in [6, 6.07) is 4.92. The molecule has 1 aromatic rings. The molecule has 21 heavy (non-hydrogen) atoms. The van der Waals surface area contributed by atoms with Gasteiger partial charge in [0.25, 0.3) is 0 Å². The molecule has 0 amide bonds. The number of sulfonamides is 1. The van der Waals surface area contributed by atoms with Gasteiger partial charge in [-0.3, -0.25) is 0 Å². The molecule has 1 rings (SSSR count). The summed E-state index contributed by atoms with van der Waals surface area (Å²) in [5.41, 5.74) is 0. The van der Waals surface area contributed by atoms with E-state index in [4.69, 9.17) is 9.47 Å². The predicted molar refractivity (Wildman–Crippen MR) is 82.5 cm³/mol. The zero-order valence-corrected chi connectivity index (χ0v) is 13.8. The van der Waals surface area contributed by atoms with Crippen LogP contribution in [0.2, 0.25) is 0 Å². The van der Waals surface area contributed by atoms with E-state index in [9.17, 15) is 8.42 Å². The van der Waals surface area contributed by atoms with Crippen LogP contribution < -0.4 is 19.5 Å². The molecular formula is C14H24N2O4S. The van der Waals surface area contributed by atoms with Crippen molar-refractivity contribution in [1.82, 2.24) is 10.0 Å². The quantitative estimate of drug-likeness (QED) is 0.673. The van der Waals surface area contributed by atoms with Gasteiger partial charge in [-0.2, -0.15) is 0 Å². The molecule has 0 saturated carbocycles. The van der Waals surface area contributed by atoms with E-state index >= 15 is 0 Å². The van der Waals surface area contributed by atoms with Gasteiger partial charge < -0.3 is 14.8 Å².